The van der Waals surface area contributed by atoms with Crippen LogP contribution in [0.4, 0.5) is 0 Å². The maximum absolute atomic E-state index is 12.3. The number of rotatable bonds is 7. The smallest absolute Gasteiger partial charge is 0.222 e. The van der Waals surface area contributed by atoms with Crippen LogP contribution in [-0.4, -0.2) is 41.5 Å². The molecule has 5 nitrogen and oxygen atoms in total. The standard InChI is InChI=1S/C24H38N2O3/c1-23(2,3)18-15-17(16-19(22(18)29)24(4,5)6)10-11-20(27)25-12-8-14-26-13-7-9-21(26)28/h15-16,29H,7-14H2,1-6H3,(H,25,27). The second-order valence-corrected chi connectivity index (χ2v) is 10.2. The van der Waals surface area contributed by atoms with Crippen LogP contribution in [0.2, 0.25) is 0 Å². The van der Waals surface area contributed by atoms with Crippen molar-refractivity contribution in [1.29, 1.82) is 0 Å². The van der Waals surface area contributed by atoms with E-state index in [4.69, 9.17) is 0 Å². The highest BCUT2D eigenvalue weighted by Gasteiger charge is 2.26. The SMILES string of the molecule is CC(C)(C)c1cc(CCC(=O)NCCCN2CCCC2=O)cc(C(C)(C)C)c1O. The number of nitrogens with one attached hydrogen (secondary N) is 1. The molecule has 0 saturated carbocycles. The molecule has 2 rings (SSSR count). The van der Waals surface area contributed by atoms with Gasteiger partial charge in [-0.15, -0.1) is 0 Å². The minimum Gasteiger partial charge on any atom is -0.507 e. The molecule has 1 aliphatic rings. The summed E-state index contributed by atoms with van der Waals surface area (Å²) in [6, 6.07) is 4.08. The number of benzene rings is 1. The molecular weight excluding hydrogens is 364 g/mol. The fourth-order valence-electron chi connectivity index (χ4n) is 3.77. The average molecular weight is 403 g/mol. The molecule has 1 saturated heterocycles. The summed E-state index contributed by atoms with van der Waals surface area (Å²) >= 11 is 0. The molecule has 1 aromatic carbocycles. The van der Waals surface area contributed by atoms with Gasteiger partial charge in [0.2, 0.25) is 11.8 Å². The molecule has 0 radical (unpaired) electrons. The summed E-state index contributed by atoms with van der Waals surface area (Å²) in [5.74, 6) is 0.628. The zero-order valence-corrected chi connectivity index (χ0v) is 19.0. The van der Waals surface area contributed by atoms with Crippen molar-refractivity contribution in [2.75, 3.05) is 19.6 Å². The molecule has 0 atom stereocenters. The van der Waals surface area contributed by atoms with Crippen LogP contribution in [0.25, 0.3) is 0 Å². The van der Waals surface area contributed by atoms with Crippen molar-refractivity contribution in [3.05, 3.63) is 28.8 Å². The third kappa shape index (κ3) is 6.48. The number of hydrogen-bond acceptors (Lipinski definition) is 3. The maximum Gasteiger partial charge on any atom is 0.222 e. The molecule has 1 heterocycles. The molecule has 29 heavy (non-hydrogen) atoms. The quantitative estimate of drug-likeness (QED) is 0.676. The third-order valence-corrected chi connectivity index (χ3v) is 5.52. The Morgan fingerprint density at radius 1 is 1.10 bits per heavy atom. The summed E-state index contributed by atoms with van der Waals surface area (Å²) in [5, 5.41) is 13.8. The van der Waals surface area contributed by atoms with Gasteiger partial charge in [0.15, 0.2) is 0 Å². The Hall–Kier alpha value is -2.04. The molecule has 1 aromatic rings. The molecule has 1 aliphatic heterocycles. The van der Waals surface area contributed by atoms with Crippen molar-refractivity contribution in [2.45, 2.75) is 84.5 Å². The number of carbonyl (C=O) groups excluding carboxylic acids is 2. The fraction of sp³-hybridized carbons (Fsp3) is 0.667. The maximum atomic E-state index is 12.3. The fourth-order valence-corrected chi connectivity index (χ4v) is 3.77. The van der Waals surface area contributed by atoms with Crippen LogP contribution in [0, 0.1) is 0 Å². The highest BCUT2D eigenvalue weighted by atomic mass is 16.3. The third-order valence-electron chi connectivity index (χ3n) is 5.52. The van der Waals surface area contributed by atoms with Gasteiger partial charge in [0, 0.05) is 32.5 Å². The van der Waals surface area contributed by atoms with E-state index in [9.17, 15) is 14.7 Å². The largest absolute Gasteiger partial charge is 0.507 e. The van der Waals surface area contributed by atoms with Gasteiger partial charge in [-0.2, -0.15) is 0 Å². The lowest BCUT2D eigenvalue weighted by Gasteiger charge is -2.28. The van der Waals surface area contributed by atoms with Crippen LogP contribution in [0.1, 0.15) is 83.9 Å². The first-order valence-electron chi connectivity index (χ1n) is 10.8. The van der Waals surface area contributed by atoms with Gasteiger partial charge in [-0.25, -0.2) is 0 Å². The predicted octanol–water partition coefficient (Wildman–Crippen LogP) is 4.05. The lowest BCUT2D eigenvalue weighted by molar-refractivity contribution is -0.127. The van der Waals surface area contributed by atoms with E-state index >= 15 is 0 Å². The van der Waals surface area contributed by atoms with Gasteiger partial charge in [0.25, 0.3) is 0 Å². The number of phenolic OH excluding ortho intramolecular Hbond substituents is 1. The molecule has 2 N–H and O–H groups in total. The minimum absolute atomic E-state index is 0.0282. The van der Waals surface area contributed by atoms with E-state index in [1.54, 1.807) is 0 Å². The van der Waals surface area contributed by atoms with Crippen molar-refractivity contribution < 1.29 is 14.7 Å². The van der Waals surface area contributed by atoms with Gasteiger partial charge >= 0.3 is 0 Å². The van der Waals surface area contributed by atoms with Crippen molar-refractivity contribution in [2.24, 2.45) is 0 Å². The van der Waals surface area contributed by atoms with Crippen molar-refractivity contribution in [3.63, 3.8) is 0 Å². The summed E-state index contributed by atoms with van der Waals surface area (Å²) in [5.41, 5.74) is 2.59. The van der Waals surface area contributed by atoms with E-state index < -0.39 is 0 Å². The zero-order chi connectivity index (χ0) is 21.8. The number of carbonyl (C=O) groups is 2. The van der Waals surface area contributed by atoms with E-state index in [1.807, 2.05) is 17.0 Å². The van der Waals surface area contributed by atoms with Crippen molar-refractivity contribution in [1.82, 2.24) is 10.2 Å². The summed E-state index contributed by atoms with van der Waals surface area (Å²) in [6.07, 6.45) is 3.46. The minimum atomic E-state index is -0.171. The summed E-state index contributed by atoms with van der Waals surface area (Å²) < 4.78 is 0. The molecular formula is C24H38N2O3. The Labute approximate surface area is 175 Å². The summed E-state index contributed by atoms with van der Waals surface area (Å²) in [4.78, 5) is 25.7. The van der Waals surface area contributed by atoms with Crippen LogP contribution < -0.4 is 5.32 Å². The van der Waals surface area contributed by atoms with Crippen molar-refractivity contribution >= 4 is 11.8 Å². The highest BCUT2D eigenvalue weighted by molar-refractivity contribution is 5.78. The highest BCUT2D eigenvalue weighted by Crippen LogP contribution is 2.39. The monoisotopic (exact) mass is 402 g/mol. The lowest BCUT2D eigenvalue weighted by Crippen LogP contribution is -2.30. The number of hydrogen-bond donors (Lipinski definition) is 2. The first-order valence-corrected chi connectivity index (χ1v) is 10.8. The molecule has 0 unspecified atom stereocenters. The number of phenols is 1. The topological polar surface area (TPSA) is 69.6 Å². The van der Waals surface area contributed by atoms with Crippen LogP contribution in [0.15, 0.2) is 12.1 Å². The van der Waals surface area contributed by atoms with Gasteiger partial charge in [-0.05, 0) is 46.8 Å². The van der Waals surface area contributed by atoms with Gasteiger partial charge in [0.1, 0.15) is 5.75 Å². The van der Waals surface area contributed by atoms with Crippen LogP contribution in [0.5, 0.6) is 5.75 Å². The normalized spacial score (nSPS) is 15.1. The first-order chi connectivity index (χ1) is 13.4. The molecule has 5 heteroatoms. The van der Waals surface area contributed by atoms with E-state index in [1.165, 1.54) is 0 Å². The Morgan fingerprint density at radius 2 is 1.69 bits per heavy atom. The second-order valence-electron chi connectivity index (χ2n) is 10.2. The Kier molecular flexibility index (Phi) is 7.36. The van der Waals surface area contributed by atoms with Crippen LogP contribution >= 0.6 is 0 Å². The molecule has 0 spiro atoms. The number of likely N-dealkylation sites (tertiary alicyclic amines) is 1. The zero-order valence-electron chi connectivity index (χ0n) is 19.0. The van der Waals surface area contributed by atoms with E-state index in [2.05, 4.69) is 46.9 Å². The molecule has 2 amide bonds. The number of nitrogens with zero attached hydrogens (tertiary/aromatic N) is 1. The number of aryl methyl sites for hydroxylation is 1. The number of amides is 2. The van der Waals surface area contributed by atoms with Crippen LogP contribution in [-0.2, 0) is 26.8 Å². The molecule has 0 aromatic heterocycles. The van der Waals surface area contributed by atoms with E-state index in [0.717, 1.165) is 42.6 Å². The van der Waals surface area contributed by atoms with Gasteiger partial charge in [-0.1, -0.05) is 53.7 Å². The molecule has 162 valence electrons. The van der Waals surface area contributed by atoms with E-state index in [0.29, 0.717) is 31.6 Å². The van der Waals surface area contributed by atoms with Crippen LogP contribution in [0.3, 0.4) is 0 Å². The Bertz CT molecular complexity index is 706. The average Bonchev–Trinajstić information content (AvgIpc) is 3.00. The van der Waals surface area contributed by atoms with Crippen molar-refractivity contribution in [3.8, 4) is 5.75 Å². The van der Waals surface area contributed by atoms with Gasteiger partial charge in [-0.3, -0.25) is 9.59 Å². The second kappa shape index (κ2) is 9.19. The lowest BCUT2D eigenvalue weighted by atomic mass is 9.78. The van der Waals surface area contributed by atoms with Gasteiger partial charge in [0.05, 0.1) is 0 Å². The van der Waals surface area contributed by atoms with E-state index in [-0.39, 0.29) is 22.6 Å². The Morgan fingerprint density at radius 3 is 2.17 bits per heavy atom. The Balaban J connectivity index is 1.93. The summed E-state index contributed by atoms with van der Waals surface area (Å²) in [7, 11) is 0. The summed E-state index contributed by atoms with van der Waals surface area (Å²) in [6.45, 7) is 14.7. The predicted molar refractivity (Wildman–Crippen MR) is 117 cm³/mol. The molecule has 0 aliphatic carbocycles. The molecule has 1 fully saturated rings. The molecule has 0 bridgehead atoms. The number of aromatic hydroxyl groups is 1. The first kappa shape index (κ1) is 23.2. The van der Waals surface area contributed by atoms with Gasteiger partial charge < -0.3 is 15.3 Å².